The molecule has 0 N–H and O–H groups in total. The van der Waals surface area contributed by atoms with Gasteiger partial charge in [0.05, 0.1) is 20.1 Å². The van der Waals surface area contributed by atoms with Crippen molar-refractivity contribution >= 4 is 5.78 Å². The number of carbonyl (C=O) groups is 1. The molecular formula is C17H16O3. The number of methoxy groups -OCH3 is 2. The van der Waals surface area contributed by atoms with Crippen LogP contribution in [-0.2, 0) is 6.42 Å². The van der Waals surface area contributed by atoms with Crippen molar-refractivity contribution in [1.29, 1.82) is 0 Å². The Morgan fingerprint density at radius 1 is 1.00 bits per heavy atom. The van der Waals surface area contributed by atoms with Gasteiger partial charge in [-0.2, -0.15) is 0 Å². The Bertz CT molecular complexity index is 661. The van der Waals surface area contributed by atoms with E-state index in [9.17, 15) is 4.79 Å². The van der Waals surface area contributed by atoms with Gasteiger partial charge in [-0.25, -0.2) is 0 Å². The highest BCUT2D eigenvalue weighted by Gasteiger charge is 2.32. The van der Waals surface area contributed by atoms with Crippen LogP contribution in [0.4, 0.5) is 0 Å². The lowest BCUT2D eigenvalue weighted by Crippen LogP contribution is -2.06. The van der Waals surface area contributed by atoms with E-state index in [0.717, 1.165) is 34.6 Å². The van der Waals surface area contributed by atoms with Crippen molar-refractivity contribution in [2.75, 3.05) is 14.2 Å². The molecule has 0 saturated carbocycles. The Kier molecular flexibility index (Phi) is 3.18. The monoisotopic (exact) mass is 268 g/mol. The Morgan fingerprint density at radius 3 is 2.50 bits per heavy atom. The molecule has 0 unspecified atom stereocenters. The van der Waals surface area contributed by atoms with E-state index in [2.05, 4.69) is 0 Å². The summed E-state index contributed by atoms with van der Waals surface area (Å²) in [4.78, 5) is 12.5. The number of hydrogen-bond acceptors (Lipinski definition) is 3. The smallest absolute Gasteiger partial charge is 0.170 e. The van der Waals surface area contributed by atoms with Gasteiger partial charge in [0.25, 0.3) is 0 Å². The number of carbonyl (C=O) groups excluding carboxylic acids is 1. The third-order valence-corrected chi connectivity index (χ3v) is 3.81. The quantitative estimate of drug-likeness (QED) is 0.857. The summed E-state index contributed by atoms with van der Waals surface area (Å²) in [6.45, 7) is 0. The van der Waals surface area contributed by atoms with Crippen LogP contribution >= 0.6 is 0 Å². The van der Waals surface area contributed by atoms with Gasteiger partial charge in [-0.1, -0.05) is 12.1 Å². The van der Waals surface area contributed by atoms with Crippen LogP contribution in [0.3, 0.4) is 0 Å². The molecule has 0 spiro atoms. The maximum Gasteiger partial charge on any atom is 0.170 e. The van der Waals surface area contributed by atoms with E-state index in [4.69, 9.17) is 9.47 Å². The predicted molar refractivity (Wildman–Crippen MR) is 76.8 cm³/mol. The van der Waals surface area contributed by atoms with Crippen molar-refractivity contribution < 1.29 is 14.3 Å². The van der Waals surface area contributed by atoms with E-state index in [0.29, 0.717) is 0 Å². The van der Waals surface area contributed by atoms with Gasteiger partial charge in [-0.15, -0.1) is 0 Å². The first-order valence-corrected chi connectivity index (χ1v) is 6.58. The number of hydrogen-bond donors (Lipinski definition) is 0. The number of fused-ring (bicyclic) bond motifs is 1. The van der Waals surface area contributed by atoms with Gasteiger partial charge in [0.1, 0.15) is 11.5 Å². The molecule has 20 heavy (non-hydrogen) atoms. The van der Waals surface area contributed by atoms with Crippen molar-refractivity contribution in [2.24, 2.45) is 0 Å². The molecule has 0 bridgehead atoms. The van der Waals surface area contributed by atoms with Crippen LogP contribution in [0, 0.1) is 0 Å². The predicted octanol–water partition coefficient (Wildman–Crippen LogP) is 3.23. The van der Waals surface area contributed by atoms with Crippen LogP contribution in [-0.4, -0.2) is 20.0 Å². The molecule has 0 aliphatic heterocycles. The molecule has 0 amide bonds. The Labute approximate surface area is 118 Å². The standard InChI is InChI=1S/C17H16O3/c1-19-13-5-3-4-11(8-13)16-10-12-9-14(20-2)6-7-15(12)17(16)18/h3-9,16H,10H2,1-2H3/t16-/m0/s1. The average Bonchev–Trinajstić information content (AvgIpc) is 2.83. The average molecular weight is 268 g/mol. The highest BCUT2D eigenvalue weighted by Crippen LogP contribution is 2.36. The Balaban J connectivity index is 1.96. The molecule has 102 valence electrons. The van der Waals surface area contributed by atoms with Gasteiger partial charge in [0, 0.05) is 5.56 Å². The number of rotatable bonds is 3. The van der Waals surface area contributed by atoms with Gasteiger partial charge in [-0.3, -0.25) is 4.79 Å². The Morgan fingerprint density at radius 2 is 1.75 bits per heavy atom. The second-order valence-electron chi connectivity index (χ2n) is 4.92. The first-order valence-electron chi connectivity index (χ1n) is 6.58. The summed E-state index contributed by atoms with van der Waals surface area (Å²) < 4.78 is 10.5. The molecule has 0 heterocycles. The lowest BCUT2D eigenvalue weighted by Gasteiger charge is -2.09. The molecule has 3 nitrogen and oxygen atoms in total. The first kappa shape index (κ1) is 12.7. The van der Waals surface area contributed by atoms with Crippen LogP contribution < -0.4 is 9.47 Å². The molecule has 1 aliphatic rings. The van der Waals surface area contributed by atoms with Gasteiger partial charge in [0.2, 0.25) is 0 Å². The summed E-state index contributed by atoms with van der Waals surface area (Å²) in [6, 6.07) is 13.4. The number of ketones is 1. The molecule has 1 aliphatic carbocycles. The van der Waals surface area contributed by atoms with Gasteiger partial charge < -0.3 is 9.47 Å². The zero-order chi connectivity index (χ0) is 14.1. The SMILES string of the molecule is COc1cccc([C@@H]2Cc3cc(OC)ccc3C2=O)c1. The molecule has 0 saturated heterocycles. The largest absolute Gasteiger partial charge is 0.497 e. The summed E-state index contributed by atoms with van der Waals surface area (Å²) >= 11 is 0. The fourth-order valence-electron chi connectivity index (χ4n) is 2.73. The Hall–Kier alpha value is -2.29. The number of ether oxygens (including phenoxy) is 2. The topological polar surface area (TPSA) is 35.5 Å². The van der Waals surface area contributed by atoms with Crippen molar-refractivity contribution in [3.05, 3.63) is 59.2 Å². The number of Topliss-reactive ketones (excluding diaryl/α,β-unsaturated/α-hetero) is 1. The lowest BCUT2D eigenvalue weighted by molar-refractivity contribution is 0.0973. The van der Waals surface area contributed by atoms with Crippen LogP contribution in [0.1, 0.15) is 27.4 Å². The van der Waals surface area contributed by atoms with Crippen molar-refractivity contribution in [3.8, 4) is 11.5 Å². The third-order valence-electron chi connectivity index (χ3n) is 3.81. The second kappa shape index (κ2) is 5.00. The third kappa shape index (κ3) is 2.05. The van der Waals surface area contributed by atoms with E-state index < -0.39 is 0 Å². The van der Waals surface area contributed by atoms with E-state index in [1.807, 2.05) is 42.5 Å². The highest BCUT2D eigenvalue weighted by atomic mass is 16.5. The molecule has 1 atom stereocenters. The normalized spacial score (nSPS) is 16.9. The van der Waals surface area contributed by atoms with E-state index >= 15 is 0 Å². The summed E-state index contributed by atoms with van der Waals surface area (Å²) in [5, 5.41) is 0. The maximum atomic E-state index is 12.5. The first-order chi connectivity index (χ1) is 9.72. The van der Waals surface area contributed by atoms with E-state index in [1.165, 1.54) is 0 Å². The minimum atomic E-state index is -0.118. The van der Waals surface area contributed by atoms with Crippen molar-refractivity contribution in [2.45, 2.75) is 12.3 Å². The van der Waals surface area contributed by atoms with Gasteiger partial charge in [0.15, 0.2) is 5.78 Å². The molecule has 3 heteroatoms. The van der Waals surface area contributed by atoms with Crippen LogP contribution in [0.15, 0.2) is 42.5 Å². The molecule has 0 radical (unpaired) electrons. The molecule has 3 rings (SSSR count). The van der Waals surface area contributed by atoms with Crippen LogP contribution in [0.2, 0.25) is 0 Å². The summed E-state index contributed by atoms with van der Waals surface area (Å²) in [6.07, 6.45) is 0.721. The van der Waals surface area contributed by atoms with Crippen molar-refractivity contribution in [3.63, 3.8) is 0 Å². The molecule has 0 fully saturated rings. The zero-order valence-corrected chi connectivity index (χ0v) is 11.6. The second-order valence-corrected chi connectivity index (χ2v) is 4.92. The fraction of sp³-hybridized carbons (Fsp3) is 0.235. The minimum absolute atomic E-state index is 0.118. The van der Waals surface area contributed by atoms with Gasteiger partial charge in [-0.05, 0) is 47.9 Å². The maximum absolute atomic E-state index is 12.5. The lowest BCUT2D eigenvalue weighted by atomic mass is 9.95. The van der Waals surface area contributed by atoms with E-state index in [-0.39, 0.29) is 11.7 Å². The minimum Gasteiger partial charge on any atom is -0.497 e. The molecule has 2 aromatic carbocycles. The van der Waals surface area contributed by atoms with Gasteiger partial charge >= 0.3 is 0 Å². The fourth-order valence-corrected chi connectivity index (χ4v) is 2.73. The van der Waals surface area contributed by atoms with Crippen molar-refractivity contribution in [1.82, 2.24) is 0 Å². The summed E-state index contributed by atoms with van der Waals surface area (Å²) in [7, 11) is 3.27. The summed E-state index contributed by atoms with van der Waals surface area (Å²) in [5.41, 5.74) is 2.87. The number of benzene rings is 2. The molecular weight excluding hydrogens is 252 g/mol. The molecule has 2 aromatic rings. The van der Waals surface area contributed by atoms with Crippen LogP contribution in [0.25, 0.3) is 0 Å². The zero-order valence-electron chi connectivity index (χ0n) is 11.6. The highest BCUT2D eigenvalue weighted by molar-refractivity contribution is 6.05. The van der Waals surface area contributed by atoms with Crippen LogP contribution in [0.5, 0.6) is 11.5 Å². The summed E-state index contributed by atoms with van der Waals surface area (Å²) in [5.74, 6) is 1.63. The van der Waals surface area contributed by atoms with E-state index in [1.54, 1.807) is 14.2 Å². The molecule has 0 aromatic heterocycles.